The van der Waals surface area contributed by atoms with Gasteiger partial charge in [0.1, 0.15) is 5.82 Å². The number of hydrogen-bond donors (Lipinski definition) is 0. The lowest BCUT2D eigenvalue weighted by molar-refractivity contribution is -0.147. The molecular weight excluding hydrogens is 295 g/mol. The summed E-state index contributed by atoms with van der Waals surface area (Å²) < 4.78 is 13.6. The van der Waals surface area contributed by atoms with E-state index in [1.807, 2.05) is 4.90 Å². The Labute approximate surface area is 136 Å². The van der Waals surface area contributed by atoms with E-state index in [0.29, 0.717) is 18.4 Å². The van der Waals surface area contributed by atoms with Gasteiger partial charge < -0.3 is 9.80 Å². The predicted molar refractivity (Wildman–Crippen MR) is 85.1 cm³/mol. The van der Waals surface area contributed by atoms with Crippen molar-refractivity contribution in [1.82, 2.24) is 9.80 Å². The Morgan fingerprint density at radius 1 is 1.22 bits per heavy atom. The summed E-state index contributed by atoms with van der Waals surface area (Å²) in [5.41, 5.74) is 0.705. The molecule has 0 N–H and O–H groups in total. The lowest BCUT2D eigenvalue weighted by Gasteiger charge is -2.41. The van der Waals surface area contributed by atoms with Crippen LogP contribution in [0.3, 0.4) is 0 Å². The van der Waals surface area contributed by atoms with Gasteiger partial charge in [-0.1, -0.05) is 12.1 Å². The summed E-state index contributed by atoms with van der Waals surface area (Å²) in [7, 11) is 1.72. The van der Waals surface area contributed by atoms with Gasteiger partial charge in [0.15, 0.2) is 0 Å². The van der Waals surface area contributed by atoms with Crippen LogP contribution in [0.4, 0.5) is 4.39 Å². The van der Waals surface area contributed by atoms with Crippen molar-refractivity contribution in [1.29, 1.82) is 0 Å². The normalized spacial score (nSPS) is 25.6. The molecule has 3 rings (SSSR count). The molecule has 2 amide bonds. The Hall–Kier alpha value is -1.91. The van der Waals surface area contributed by atoms with Gasteiger partial charge in [0.05, 0.1) is 12.0 Å². The molecule has 0 aromatic heterocycles. The minimum atomic E-state index is -0.374. The van der Waals surface area contributed by atoms with E-state index in [1.165, 1.54) is 18.6 Å². The molecule has 1 aromatic rings. The monoisotopic (exact) mass is 318 g/mol. The lowest BCUT2D eigenvalue weighted by Crippen LogP contribution is -2.48. The molecule has 0 spiro atoms. The van der Waals surface area contributed by atoms with Crippen molar-refractivity contribution in [3.63, 3.8) is 0 Å². The van der Waals surface area contributed by atoms with Crippen LogP contribution in [0.5, 0.6) is 0 Å². The Bertz CT molecular complexity index is 598. The standard InChI is InChI=1S/C18H23FN2O2/c1-20-16(22)9-8-15(18(23)21-10-3-2-4-11-21)17(20)13-6-5-7-14(19)12-13/h5-7,12,15,17H,2-4,8-11H2,1H3/t15-,17-/m0/s1. The molecule has 2 atom stereocenters. The van der Waals surface area contributed by atoms with Crippen LogP contribution in [0.1, 0.15) is 43.7 Å². The van der Waals surface area contributed by atoms with Crippen LogP contribution in [-0.2, 0) is 9.59 Å². The summed E-state index contributed by atoms with van der Waals surface area (Å²) in [5, 5.41) is 0. The number of piperidine rings is 2. The molecule has 4 nitrogen and oxygen atoms in total. The molecule has 5 heteroatoms. The van der Waals surface area contributed by atoms with Crippen molar-refractivity contribution in [2.45, 2.75) is 38.1 Å². The number of hydrogen-bond acceptors (Lipinski definition) is 2. The number of carbonyl (C=O) groups excluding carboxylic acids is 2. The summed E-state index contributed by atoms with van der Waals surface area (Å²) in [6.45, 7) is 1.59. The van der Waals surface area contributed by atoms with Gasteiger partial charge in [-0.05, 0) is 43.4 Å². The highest BCUT2D eigenvalue weighted by Gasteiger charge is 2.40. The summed E-state index contributed by atoms with van der Waals surface area (Å²) in [6.07, 6.45) is 4.17. The highest BCUT2D eigenvalue weighted by molar-refractivity contribution is 5.85. The maximum absolute atomic E-state index is 13.6. The lowest BCUT2D eigenvalue weighted by atomic mass is 9.83. The fourth-order valence-electron chi connectivity index (χ4n) is 3.79. The smallest absolute Gasteiger partial charge is 0.228 e. The Morgan fingerprint density at radius 3 is 2.65 bits per heavy atom. The molecule has 2 aliphatic rings. The zero-order chi connectivity index (χ0) is 16.4. The third kappa shape index (κ3) is 3.23. The van der Waals surface area contributed by atoms with E-state index in [9.17, 15) is 14.0 Å². The number of rotatable bonds is 2. The van der Waals surface area contributed by atoms with Crippen LogP contribution in [-0.4, -0.2) is 41.8 Å². The first-order valence-corrected chi connectivity index (χ1v) is 8.38. The predicted octanol–water partition coefficient (Wildman–Crippen LogP) is 2.75. The number of benzene rings is 1. The molecular formula is C18H23FN2O2. The first-order chi connectivity index (χ1) is 11.1. The Kier molecular flexibility index (Phi) is 4.64. The zero-order valence-corrected chi connectivity index (χ0v) is 13.5. The SMILES string of the molecule is CN1C(=O)CC[C@H](C(=O)N2CCCCC2)[C@@H]1c1cccc(F)c1. The van der Waals surface area contributed by atoms with E-state index < -0.39 is 0 Å². The number of halogens is 1. The highest BCUT2D eigenvalue weighted by Crippen LogP contribution is 2.37. The Balaban J connectivity index is 1.89. The molecule has 2 fully saturated rings. The number of nitrogens with zero attached hydrogens (tertiary/aromatic N) is 2. The van der Waals surface area contributed by atoms with Crippen LogP contribution in [0, 0.1) is 11.7 Å². The van der Waals surface area contributed by atoms with Crippen molar-refractivity contribution in [2.75, 3.05) is 20.1 Å². The zero-order valence-electron chi connectivity index (χ0n) is 13.5. The molecule has 23 heavy (non-hydrogen) atoms. The van der Waals surface area contributed by atoms with Gasteiger partial charge in [-0.2, -0.15) is 0 Å². The van der Waals surface area contributed by atoms with Gasteiger partial charge in [0.25, 0.3) is 0 Å². The molecule has 2 saturated heterocycles. The van der Waals surface area contributed by atoms with E-state index >= 15 is 0 Å². The van der Waals surface area contributed by atoms with E-state index in [2.05, 4.69) is 0 Å². The fraction of sp³-hybridized carbons (Fsp3) is 0.556. The third-order valence-electron chi connectivity index (χ3n) is 5.04. The minimum Gasteiger partial charge on any atom is -0.342 e. The van der Waals surface area contributed by atoms with E-state index in [4.69, 9.17) is 0 Å². The molecule has 2 heterocycles. The quantitative estimate of drug-likeness (QED) is 0.841. The van der Waals surface area contributed by atoms with E-state index in [-0.39, 0.29) is 29.6 Å². The second-order valence-corrected chi connectivity index (χ2v) is 6.54. The Morgan fingerprint density at radius 2 is 1.96 bits per heavy atom. The van der Waals surface area contributed by atoms with Gasteiger partial charge >= 0.3 is 0 Å². The average molecular weight is 318 g/mol. The van der Waals surface area contributed by atoms with Crippen molar-refractivity contribution in [2.24, 2.45) is 5.92 Å². The number of amides is 2. The van der Waals surface area contributed by atoms with Crippen LogP contribution >= 0.6 is 0 Å². The summed E-state index contributed by atoms with van der Waals surface area (Å²) in [4.78, 5) is 28.6. The first kappa shape index (κ1) is 16.0. The number of likely N-dealkylation sites (tertiary alicyclic amines) is 2. The molecule has 124 valence electrons. The van der Waals surface area contributed by atoms with Gasteiger partial charge in [-0.25, -0.2) is 4.39 Å². The topological polar surface area (TPSA) is 40.6 Å². The van der Waals surface area contributed by atoms with Gasteiger partial charge in [-0.3, -0.25) is 9.59 Å². The fourth-order valence-corrected chi connectivity index (χ4v) is 3.79. The van der Waals surface area contributed by atoms with Gasteiger partial charge in [-0.15, -0.1) is 0 Å². The molecule has 2 aliphatic heterocycles. The average Bonchev–Trinajstić information content (AvgIpc) is 2.57. The summed E-state index contributed by atoms with van der Waals surface area (Å²) in [5.74, 6) is -0.490. The molecule has 0 unspecified atom stereocenters. The van der Waals surface area contributed by atoms with Crippen molar-refractivity contribution in [3.05, 3.63) is 35.6 Å². The summed E-state index contributed by atoms with van der Waals surface area (Å²) >= 11 is 0. The second kappa shape index (κ2) is 6.69. The minimum absolute atomic E-state index is 0.0157. The van der Waals surface area contributed by atoms with Gasteiger partial charge in [0.2, 0.25) is 11.8 Å². The maximum atomic E-state index is 13.6. The maximum Gasteiger partial charge on any atom is 0.228 e. The van der Waals surface area contributed by atoms with Crippen molar-refractivity contribution >= 4 is 11.8 Å². The number of carbonyl (C=O) groups is 2. The molecule has 0 radical (unpaired) electrons. The van der Waals surface area contributed by atoms with E-state index in [1.54, 1.807) is 24.1 Å². The summed E-state index contributed by atoms with van der Waals surface area (Å²) in [6, 6.07) is 5.90. The largest absolute Gasteiger partial charge is 0.342 e. The van der Waals surface area contributed by atoms with Crippen LogP contribution in [0.2, 0.25) is 0 Å². The molecule has 0 bridgehead atoms. The second-order valence-electron chi connectivity index (χ2n) is 6.54. The first-order valence-electron chi connectivity index (χ1n) is 8.38. The van der Waals surface area contributed by atoms with Gasteiger partial charge in [0, 0.05) is 26.6 Å². The van der Waals surface area contributed by atoms with Crippen molar-refractivity contribution in [3.8, 4) is 0 Å². The van der Waals surface area contributed by atoms with Crippen LogP contribution in [0.25, 0.3) is 0 Å². The molecule has 1 aromatic carbocycles. The van der Waals surface area contributed by atoms with Crippen molar-refractivity contribution < 1.29 is 14.0 Å². The van der Waals surface area contributed by atoms with E-state index in [0.717, 1.165) is 25.9 Å². The third-order valence-corrected chi connectivity index (χ3v) is 5.04. The van der Waals surface area contributed by atoms with Crippen LogP contribution < -0.4 is 0 Å². The molecule has 0 saturated carbocycles. The highest BCUT2D eigenvalue weighted by atomic mass is 19.1. The van der Waals surface area contributed by atoms with Crippen LogP contribution in [0.15, 0.2) is 24.3 Å². The molecule has 0 aliphatic carbocycles.